The highest BCUT2D eigenvalue weighted by Gasteiger charge is 2.29. The molecule has 1 aromatic carbocycles. The number of nitrogens with one attached hydrogen (secondary N) is 1. The average molecular weight is 264 g/mol. The number of hydrogen-bond donors (Lipinski definition) is 3. The van der Waals surface area contributed by atoms with Gasteiger partial charge in [-0.25, -0.2) is 0 Å². The van der Waals surface area contributed by atoms with E-state index in [-0.39, 0.29) is 18.4 Å². The number of carbonyl (C=O) groups is 1. The number of nitrogens with two attached hydrogens (primary N) is 1. The lowest BCUT2D eigenvalue weighted by atomic mass is 9.91. The van der Waals surface area contributed by atoms with Crippen LogP contribution in [0.4, 0.5) is 0 Å². The van der Waals surface area contributed by atoms with Crippen molar-refractivity contribution in [3.8, 4) is 0 Å². The molecule has 0 aliphatic rings. The molecule has 4 nitrogen and oxygen atoms in total. The van der Waals surface area contributed by atoms with Crippen LogP contribution in [0.15, 0.2) is 30.3 Å². The van der Waals surface area contributed by atoms with Crippen LogP contribution in [0.1, 0.15) is 32.3 Å². The zero-order valence-corrected chi connectivity index (χ0v) is 11.7. The molecule has 0 spiro atoms. The Morgan fingerprint density at radius 1 is 1.42 bits per heavy atom. The molecule has 19 heavy (non-hydrogen) atoms. The van der Waals surface area contributed by atoms with E-state index < -0.39 is 5.54 Å². The Bertz CT molecular complexity index is 394. The van der Waals surface area contributed by atoms with E-state index in [2.05, 4.69) is 5.32 Å². The van der Waals surface area contributed by atoms with Gasteiger partial charge in [0.05, 0.1) is 12.1 Å². The summed E-state index contributed by atoms with van der Waals surface area (Å²) in [5.74, 6) is -0.146. The Morgan fingerprint density at radius 2 is 2.05 bits per heavy atom. The maximum absolute atomic E-state index is 12.1. The first-order valence-electron chi connectivity index (χ1n) is 6.72. The van der Waals surface area contributed by atoms with Gasteiger partial charge in [0.1, 0.15) is 0 Å². The fourth-order valence-electron chi connectivity index (χ4n) is 1.96. The molecule has 4 heteroatoms. The Kier molecular flexibility index (Phi) is 5.99. The summed E-state index contributed by atoms with van der Waals surface area (Å²) in [4.78, 5) is 12.1. The third-order valence-corrected chi connectivity index (χ3v) is 3.42. The zero-order chi connectivity index (χ0) is 14.3. The summed E-state index contributed by atoms with van der Waals surface area (Å²) >= 11 is 0. The highest BCUT2D eigenvalue weighted by molar-refractivity contribution is 5.79. The second-order valence-corrected chi connectivity index (χ2v) is 5.18. The first kappa shape index (κ1) is 15.7. The molecule has 0 aliphatic heterocycles. The monoisotopic (exact) mass is 264 g/mol. The Morgan fingerprint density at radius 3 is 2.58 bits per heavy atom. The third kappa shape index (κ3) is 4.33. The molecule has 1 aromatic rings. The standard InChI is InChI=1S/C15H24N2O2/c1-12(7-6-10-16)14(19)17-15(2,11-18)13-8-4-3-5-9-13/h3-5,8-9,12,18H,6-7,10-11,16H2,1-2H3,(H,17,19). The van der Waals surface area contributed by atoms with E-state index in [0.717, 1.165) is 18.4 Å². The molecule has 0 aliphatic carbocycles. The van der Waals surface area contributed by atoms with Crippen molar-refractivity contribution >= 4 is 5.91 Å². The summed E-state index contributed by atoms with van der Waals surface area (Å²) in [5.41, 5.74) is 5.61. The van der Waals surface area contributed by atoms with Gasteiger partial charge >= 0.3 is 0 Å². The molecule has 0 fully saturated rings. The van der Waals surface area contributed by atoms with Crippen LogP contribution < -0.4 is 11.1 Å². The van der Waals surface area contributed by atoms with Crippen LogP contribution in [-0.4, -0.2) is 24.2 Å². The minimum absolute atomic E-state index is 0.0474. The number of benzene rings is 1. The zero-order valence-electron chi connectivity index (χ0n) is 11.7. The first-order chi connectivity index (χ1) is 9.03. The second-order valence-electron chi connectivity index (χ2n) is 5.18. The van der Waals surface area contributed by atoms with Crippen molar-refractivity contribution in [2.24, 2.45) is 11.7 Å². The van der Waals surface area contributed by atoms with Crippen LogP contribution in [-0.2, 0) is 10.3 Å². The largest absolute Gasteiger partial charge is 0.394 e. The topological polar surface area (TPSA) is 75.4 Å². The lowest BCUT2D eigenvalue weighted by molar-refractivity contribution is -0.127. The number of amides is 1. The highest BCUT2D eigenvalue weighted by Crippen LogP contribution is 2.21. The minimum atomic E-state index is -0.741. The molecule has 1 rings (SSSR count). The lowest BCUT2D eigenvalue weighted by Gasteiger charge is -2.30. The minimum Gasteiger partial charge on any atom is -0.394 e. The molecule has 2 atom stereocenters. The van der Waals surface area contributed by atoms with Crippen molar-refractivity contribution in [2.75, 3.05) is 13.2 Å². The van der Waals surface area contributed by atoms with Crippen molar-refractivity contribution < 1.29 is 9.90 Å². The molecule has 0 radical (unpaired) electrons. The second kappa shape index (κ2) is 7.26. The number of rotatable bonds is 7. The number of carbonyl (C=O) groups excluding carboxylic acids is 1. The Hall–Kier alpha value is -1.39. The predicted molar refractivity (Wildman–Crippen MR) is 76.5 cm³/mol. The van der Waals surface area contributed by atoms with Crippen LogP contribution in [0.3, 0.4) is 0 Å². The molecular formula is C15H24N2O2. The number of aliphatic hydroxyl groups excluding tert-OH is 1. The van der Waals surface area contributed by atoms with Crippen molar-refractivity contribution in [3.63, 3.8) is 0 Å². The predicted octanol–water partition coefficient (Wildman–Crippen LogP) is 1.39. The van der Waals surface area contributed by atoms with Gasteiger partial charge in [-0.2, -0.15) is 0 Å². The van der Waals surface area contributed by atoms with Crippen LogP contribution in [0.5, 0.6) is 0 Å². The smallest absolute Gasteiger partial charge is 0.223 e. The molecule has 2 unspecified atom stereocenters. The maximum Gasteiger partial charge on any atom is 0.223 e. The van der Waals surface area contributed by atoms with Crippen LogP contribution in [0, 0.1) is 5.92 Å². The van der Waals surface area contributed by atoms with E-state index in [1.807, 2.05) is 44.2 Å². The molecule has 0 heterocycles. The Balaban J connectivity index is 2.73. The summed E-state index contributed by atoms with van der Waals surface area (Å²) in [6, 6.07) is 9.51. The summed E-state index contributed by atoms with van der Waals surface area (Å²) in [6.07, 6.45) is 1.59. The number of hydrogen-bond acceptors (Lipinski definition) is 3. The molecule has 0 saturated carbocycles. The van der Waals surface area contributed by atoms with Gasteiger partial charge in [-0.05, 0) is 31.9 Å². The molecule has 1 amide bonds. The van der Waals surface area contributed by atoms with E-state index in [4.69, 9.17) is 5.73 Å². The van der Waals surface area contributed by atoms with Crippen LogP contribution in [0.2, 0.25) is 0 Å². The summed E-state index contributed by atoms with van der Waals surface area (Å²) < 4.78 is 0. The van der Waals surface area contributed by atoms with Crippen LogP contribution in [0.25, 0.3) is 0 Å². The summed E-state index contributed by atoms with van der Waals surface area (Å²) in [7, 11) is 0. The number of aliphatic hydroxyl groups is 1. The molecule has 0 aromatic heterocycles. The Labute approximate surface area is 115 Å². The van der Waals surface area contributed by atoms with Crippen molar-refractivity contribution in [1.29, 1.82) is 0 Å². The quantitative estimate of drug-likeness (QED) is 0.696. The van der Waals surface area contributed by atoms with E-state index in [1.54, 1.807) is 0 Å². The van der Waals surface area contributed by atoms with Gasteiger partial charge in [-0.3, -0.25) is 4.79 Å². The molecular weight excluding hydrogens is 240 g/mol. The highest BCUT2D eigenvalue weighted by atomic mass is 16.3. The summed E-state index contributed by atoms with van der Waals surface area (Å²) in [6.45, 7) is 4.17. The fraction of sp³-hybridized carbons (Fsp3) is 0.533. The maximum atomic E-state index is 12.1. The first-order valence-corrected chi connectivity index (χ1v) is 6.72. The van der Waals surface area contributed by atoms with Crippen molar-refractivity contribution in [3.05, 3.63) is 35.9 Å². The molecule has 0 saturated heterocycles. The van der Waals surface area contributed by atoms with Crippen LogP contribution >= 0.6 is 0 Å². The van der Waals surface area contributed by atoms with E-state index in [1.165, 1.54) is 0 Å². The third-order valence-electron chi connectivity index (χ3n) is 3.42. The van der Waals surface area contributed by atoms with E-state index >= 15 is 0 Å². The van der Waals surface area contributed by atoms with Gasteiger partial charge in [-0.15, -0.1) is 0 Å². The van der Waals surface area contributed by atoms with Gasteiger partial charge in [0.25, 0.3) is 0 Å². The normalized spacial score (nSPS) is 15.6. The average Bonchev–Trinajstić information content (AvgIpc) is 2.45. The lowest BCUT2D eigenvalue weighted by Crippen LogP contribution is -2.48. The van der Waals surface area contributed by atoms with Gasteiger partial charge in [0.2, 0.25) is 5.91 Å². The van der Waals surface area contributed by atoms with Gasteiger partial charge in [-0.1, -0.05) is 37.3 Å². The fourth-order valence-corrected chi connectivity index (χ4v) is 1.96. The molecule has 0 bridgehead atoms. The van der Waals surface area contributed by atoms with Gasteiger partial charge in [0.15, 0.2) is 0 Å². The van der Waals surface area contributed by atoms with Crippen molar-refractivity contribution in [2.45, 2.75) is 32.2 Å². The summed E-state index contributed by atoms with van der Waals surface area (Å²) in [5, 5.41) is 12.5. The van der Waals surface area contributed by atoms with Gasteiger partial charge < -0.3 is 16.2 Å². The molecule has 106 valence electrons. The van der Waals surface area contributed by atoms with E-state index in [9.17, 15) is 9.90 Å². The molecule has 4 N–H and O–H groups in total. The SMILES string of the molecule is CC(CCCN)C(=O)NC(C)(CO)c1ccccc1. The van der Waals surface area contributed by atoms with Gasteiger partial charge in [0, 0.05) is 5.92 Å². The van der Waals surface area contributed by atoms with E-state index in [0.29, 0.717) is 6.54 Å². The van der Waals surface area contributed by atoms with Crippen molar-refractivity contribution in [1.82, 2.24) is 5.32 Å².